The van der Waals surface area contributed by atoms with Crippen molar-refractivity contribution in [3.63, 3.8) is 0 Å². The van der Waals surface area contributed by atoms with E-state index in [1.54, 1.807) is 0 Å². The summed E-state index contributed by atoms with van der Waals surface area (Å²) in [6, 6.07) is 40.1. The zero-order valence-electron chi connectivity index (χ0n) is 28.1. The average Bonchev–Trinajstić information content (AvgIpc) is 3.44. The molecule has 5 heteroatoms. The summed E-state index contributed by atoms with van der Waals surface area (Å²) in [4.78, 5) is 9.21. The SMILES string of the molecule is C[Si](C)(C)c1ccc(-c2[c-]cccc2)nc1.Cc1ccc(-c2ccc3c(c2)oc2c(-c4cc(C(C)C)c(C)cn4)[c-]ccc23)cc1.[Ir]. The molecule has 7 rings (SSSR count). The van der Waals surface area contributed by atoms with Crippen LogP contribution >= 0.6 is 0 Å². The Morgan fingerprint density at radius 1 is 0.702 bits per heavy atom. The molecule has 0 aliphatic rings. The predicted molar refractivity (Wildman–Crippen MR) is 196 cm³/mol. The van der Waals surface area contributed by atoms with Crippen LogP contribution < -0.4 is 5.19 Å². The molecular weight excluding hydrogens is 769 g/mol. The largest absolute Gasteiger partial charge is 0.501 e. The number of pyridine rings is 2. The average molecular weight is 809 g/mol. The molecule has 0 spiro atoms. The van der Waals surface area contributed by atoms with Crippen molar-refractivity contribution in [2.75, 3.05) is 0 Å². The van der Waals surface area contributed by atoms with Crippen LogP contribution in [-0.2, 0) is 20.1 Å². The quantitative estimate of drug-likeness (QED) is 0.128. The molecule has 239 valence electrons. The maximum Gasteiger partial charge on any atom is 0.121 e. The van der Waals surface area contributed by atoms with Gasteiger partial charge in [-0.2, -0.15) is 0 Å². The predicted octanol–water partition coefficient (Wildman–Crippen LogP) is 10.9. The van der Waals surface area contributed by atoms with Gasteiger partial charge < -0.3 is 14.4 Å². The smallest absolute Gasteiger partial charge is 0.121 e. The first-order valence-electron chi connectivity index (χ1n) is 15.9. The third-order valence-corrected chi connectivity index (χ3v) is 10.5. The van der Waals surface area contributed by atoms with Crippen LogP contribution in [0.2, 0.25) is 19.6 Å². The zero-order valence-corrected chi connectivity index (χ0v) is 31.5. The summed E-state index contributed by atoms with van der Waals surface area (Å²) >= 11 is 0. The molecule has 7 aromatic rings. The van der Waals surface area contributed by atoms with Gasteiger partial charge in [0.2, 0.25) is 0 Å². The van der Waals surface area contributed by atoms with Crippen LogP contribution in [0.4, 0.5) is 0 Å². The number of aromatic nitrogens is 2. The Morgan fingerprint density at radius 3 is 2.11 bits per heavy atom. The summed E-state index contributed by atoms with van der Waals surface area (Å²) in [5.74, 6) is 0.443. The van der Waals surface area contributed by atoms with Crippen molar-refractivity contribution in [2.24, 2.45) is 0 Å². The summed E-state index contributed by atoms with van der Waals surface area (Å²) < 4.78 is 6.38. The van der Waals surface area contributed by atoms with Crippen molar-refractivity contribution in [1.29, 1.82) is 0 Å². The summed E-state index contributed by atoms with van der Waals surface area (Å²) in [5, 5.41) is 3.61. The molecule has 0 aliphatic carbocycles. The van der Waals surface area contributed by atoms with E-state index in [9.17, 15) is 0 Å². The van der Waals surface area contributed by atoms with Crippen molar-refractivity contribution in [3.05, 3.63) is 138 Å². The Labute approximate surface area is 293 Å². The van der Waals surface area contributed by atoms with Crippen LogP contribution in [0.3, 0.4) is 0 Å². The van der Waals surface area contributed by atoms with E-state index in [0.29, 0.717) is 5.92 Å². The molecule has 4 aromatic carbocycles. The monoisotopic (exact) mass is 809 g/mol. The van der Waals surface area contributed by atoms with E-state index in [-0.39, 0.29) is 20.1 Å². The van der Waals surface area contributed by atoms with Gasteiger partial charge >= 0.3 is 0 Å². The van der Waals surface area contributed by atoms with E-state index < -0.39 is 8.07 Å². The number of nitrogens with zero attached hydrogens (tertiary/aromatic N) is 2. The molecule has 0 bridgehead atoms. The van der Waals surface area contributed by atoms with E-state index in [1.807, 2.05) is 42.7 Å². The van der Waals surface area contributed by atoms with Gasteiger partial charge in [0, 0.05) is 37.9 Å². The Morgan fingerprint density at radius 2 is 1.45 bits per heavy atom. The summed E-state index contributed by atoms with van der Waals surface area (Å²) in [5.41, 5.74) is 11.8. The van der Waals surface area contributed by atoms with Gasteiger partial charge in [0.05, 0.1) is 13.7 Å². The van der Waals surface area contributed by atoms with Crippen molar-refractivity contribution < 1.29 is 24.5 Å². The van der Waals surface area contributed by atoms with Gasteiger partial charge in [-0.25, -0.2) is 0 Å². The van der Waals surface area contributed by atoms with Crippen LogP contribution in [0.5, 0.6) is 0 Å². The molecule has 0 saturated carbocycles. The van der Waals surface area contributed by atoms with Gasteiger partial charge in [0.1, 0.15) is 5.58 Å². The number of aryl methyl sites for hydroxylation is 2. The van der Waals surface area contributed by atoms with Crippen LogP contribution in [-0.4, -0.2) is 18.0 Å². The van der Waals surface area contributed by atoms with Crippen molar-refractivity contribution in [3.8, 4) is 33.6 Å². The van der Waals surface area contributed by atoms with Crippen molar-refractivity contribution in [1.82, 2.24) is 9.97 Å². The number of rotatable bonds is 5. The molecule has 1 radical (unpaired) electrons. The number of hydrogen-bond donors (Lipinski definition) is 0. The molecule has 0 aliphatic heterocycles. The Balaban J connectivity index is 0.000000217. The number of hydrogen-bond acceptors (Lipinski definition) is 3. The van der Waals surface area contributed by atoms with Gasteiger partial charge in [-0.1, -0.05) is 105 Å². The first kappa shape index (κ1) is 34.2. The Hall–Kier alpha value is -4.15. The number of furan rings is 1. The summed E-state index contributed by atoms with van der Waals surface area (Å²) in [6.07, 6.45) is 3.97. The Bertz CT molecular complexity index is 2110. The third kappa shape index (κ3) is 7.54. The second kappa shape index (κ2) is 14.3. The topological polar surface area (TPSA) is 38.9 Å². The minimum Gasteiger partial charge on any atom is -0.501 e. The third-order valence-electron chi connectivity index (χ3n) is 8.46. The molecule has 3 heterocycles. The molecule has 0 saturated heterocycles. The van der Waals surface area contributed by atoms with E-state index >= 15 is 0 Å². The first-order valence-corrected chi connectivity index (χ1v) is 19.4. The zero-order chi connectivity index (χ0) is 32.4. The molecule has 47 heavy (non-hydrogen) atoms. The van der Waals surface area contributed by atoms with Crippen LogP contribution in [0.1, 0.15) is 36.5 Å². The second-order valence-electron chi connectivity index (χ2n) is 13.3. The van der Waals surface area contributed by atoms with Crippen LogP contribution in [0.25, 0.3) is 55.6 Å². The minimum absolute atomic E-state index is 0. The molecular formula is C42H40IrN2OSi-2. The normalized spacial score (nSPS) is 11.3. The summed E-state index contributed by atoms with van der Waals surface area (Å²) in [7, 11) is -1.23. The molecule has 0 unspecified atom stereocenters. The standard InChI is InChI=1S/C28H24NO.C14H16NSi.Ir/c1-17(2)25-15-26(29-16-19(25)4)24-7-5-6-23-22-13-12-21(14-27(22)30-28(23)24)20-10-8-18(3)9-11-20;1-16(2,3)13-9-10-14(15-11-13)12-7-5-4-6-8-12;/h5-6,8-17H,1-4H3;4-7,9-11H,1-3H3;/q2*-1;. The second-order valence-corrected chi connectivity index (χ2v) is 18.4. The first-order chi connectivity index (χ1) is 22.1. The molecule has 3 nitrogen and oxygen atoms in total. The number of fused-ring (bicyclic) bond motifs is 3. The summed E-state index contributed by atoms with van der Waals surface area (Å²) in [6.45, 7) is 15.6. The molecule has 0 fully saturated rings. The van der Waals surface area contributed by atoms with Crippen LogP contribution in [0.15, 0.2) is 114 Å². The van der Waals surface area contributed by atoms with Gasteiger partial charge in [0.25, 0.3) is 0 Å². The van der Waals surface area contributed by atoms with Gasteiger partial charge in [-0.15, -0.1) is 54.1 Å². The van der Waals surface area contributed by atoms with E-state index in [1.165, 1.54) is 27.4 Å². The van der Waals surface area contributed by atoms with Gasteiger partial charge in [0.15, 0.2) is 0 Å². The van der Waals surface area contributed by atoms with Gasteiger partial charge in [-0.3, -0.25) is 0 Å². The Kier molecular flexibility index (Phi) is 10.4. The van der Waals surface area contributed by atoms with Gasteiger partial charge in [-0.05, 0) is 64.7 Å². The molecule has 0 amide bonds. The van der Waals surface area contributed by atoms with Crippen LogP contribution in [0, 0.1) is 26.0 Å². The maximum absolute atomic E-state index is 6.38. The fourth-order valence-electron chi connectivity index (χ4n) is 5.70. The molecule has 0 N–H and O–H groups in total. The van der Waals surface area contributed by atoms with E-state index in [0.717, 1.165) is 50.0 Å². The fourth-order valence-corrected chi connectivity index (χ4v) is 6.74. The fraction of sp³-hybridized carbons (Fsp3) is 0.190. The van der Waals surface area contributed by atoms with Crippen molar-refractivity contribution in [2.45, 2.75) is 53.3 Å². The number of benzene rings is 4. The van der Waals surface area contributed by atoms with E-state index in [2.05, 4.69) is 131 Å². The van der Waals surface area contributed by atoms with E-state index in [4.69, 9.17) is 9.40 Å². The molecule has 0 atom stereocenters. The maximum atomic E-state index is 6.38. The molecule has 3 aromatic heterocycles. The minimum atomic E-state index is -1.23. The van der Waals surface area contributed by atoms with Crippen molar-refractivity contribution >= 4 is 35.2 Å².